The van der Waals surface area contributed by atoms with E-state index in [0.29, 0.717) is 12.6 Å². The van der Waals surface area contributed by atoms with Gasteiger partial charge in [0.15, 0.2) is 0 Å². The van der Waals surface area contributed by atoms with Crippen LogP contribution in [-0.4, -0.2) is 54.5 Å². The van der Waals surface area contributed by atoms with E-state index >= 15 is 0 Å². The van der Waals surface area contributed by atoms with E-state index in [1.165, 1.54) is 32.4 Å². The Morgan fingerprint density at radius 2 is 1.96 bits per heavy atom. The molecule has 1 aromatic rings. The van der Waals surface area contributed by atoms with Gasteiger partial charge in [-0.05, 0) is 56.5 Å². The molecule has 5 heteroatoms. The maximum absolute atomic E-state index is 12.4. The van der Waals surface area contributed by atoms with Crippen LogP contribution in [0.2, 0.25) is 5.02 Å². The van der Waals surface area contributed by atoms with Gasteiger partial charge in [-0.15, -0.1) is 0 Å². The normalized spacial score (nSPS) is 23.5. The van der Waals surface area contributed by atoms with E-state index in [4.69, 9.17) is 11.6 Å². The molecule has 2 aliphatic rings. The van der Waals surface area contributed by atoms with Crippen LogP contribution in [0.5, 0.6) is 0 Å². The fourth-order valence-electron chi connectivity index (χ4n) is 3.92. The van der Waals surface area contributed by atoms with Crippen molar-refractivity contribution in [3.8, 4) is 0 Å². The van der Waals surface area contributed by atoms with Gasteiger partial charge in [-0.3, -0.25) is 14.6 Å². The predicted octanol–water partition coefficient (Wildman–Crippen LogP) is 3.08. The Labute approximate surface area is 150 Å². The molecule has 0 aromatic heterocycles. The Hall–Kier alpha value is -1.10. The van der Waals surface area contributed by atoms with Crippen molar-refractivity contribution in [3.63, 3.8) is 0 Å². The van der Waals surface area contributed by atoms with Crippen LogP contribution in [0.25, 0.3) is 0 Å². The minimum atomic E-state index is 0.0618. The second-order valence-electron chi connectivity index (χ2n) is 7.00. The highest BCUT2D eigenvalue weighted by molar-refractivity contribution is 6.30. The van der Waals surface area contributed by atoms with Crippen molar-refractivity contribution in [2.24, 2.45) is 0 Å². The van der Waals surface area contributed by atoms with Gasteiger partial charge in [-0.25, -0.2) is 0 Å². The van der Waals surface area contributed by atoms with Gasteiger partial charge >= 0.3 is 0 Å². The molecule has 24 heavy (non-hydrogen) atoms. The first-order chi connectivity index (χ1) is 11.7. The average Bonchev–Trinajstić information content (AvgIpc) is 3.24. The van der Waals surface area contributed by atoms with Gasteiger partial charge in [0.1, 0.15) is 0 Å². The highest BCUT2D eigenvalue weighted by Gasteiger charge is 2.30. The summed E-state index contributed by atoms with van der Waals surface area (Å²) in [6.45, 7) is 7.14. The quantitative estimate of drug-likeness (QED) is 0.857. The lowest BCUT2D eigenvalue weighted by Crippen LogP contribution is -2.40. The van der Waals surface area contributed by atoms with Crippen LogP contribution in [0, 0.1) is 0 Å². The number of likely N-dealkylation sites (tertiary alicyclic amines) is 2. The lowest BCUT2D eigenvalue weighted by Gasteiger charge is -2.24. The van der Waals surface area contributed by atoms with Crippen molar-refractivity contribution in [2.45, 2.75) is 44.7 Å². The summed E-state index contributed by atoms with van der Waals surface area (Å²) in [7, 11) is 0. The number of carbonyl (C=O) groups excluding carboxylic acids is 1. The van der Waals surface area contributed by atoms with Crippen molar-refractivity contribution in [1.82, 2.24) is 15.1 Å². The number of rotatable bonds is 6. The summed E-state index contributed by atoms with van der Waals surface area (Å²) in [4.78, 5) is 17.3. The topological polar surface area (TPSA) is 35.6 Å². The Morgan fingerprint density at radius 3 is 2.62 bits per heavy atom. The molecule has 0 spiro atoms. The molecule has 1 amide bonds. The van der Waals surface area contributed by atoms with E-state index in [1.807, 2.05) is 24.3 Å². The Kier molecular flexibility index (Phi) is 6.14. The molecule has 2 atom stereocenters. The maximum atomic E-state index is 12.4. The van der Waals surface area contributed by atoms with E-state index < -0.39 is 0 Å². The Bertz CT molecular complexity index is 542. The standard InChI is InChI=1S/C19H28ClN3O/c1-2-18(15-5-7-16(20)8-6-15)21-19(24)14-22-12-9-17(13-22)23-10-3-4-11-23/h5-8,17-18H,2-4,9-14H2,1H3,(H,21,24). The molecule has 4 nitrogen and oxygen atoms in total. The van der Waals surface area contributed by atoms with Gasteiger partial charge in [-0.2, -0.15) is 0 Å². The smallest absolute Gasteiger partial charge is 0.234 e. The zero-order valence-electron chi connectivity index (χ0n) is 14.5. The third-order valence-electron chi connectivity index (χ3n) is 5.29. The zero-order valence-corrected chi connectivity index (χ0v) is 15.3. The number of amides is 1. The van der Waals surface area contributed by atoms with Gasteiger partial charge in [0.2, 0.25) is 5.91 Å². The van der Waals surface area contributed by atoms with E-state index in [0.717, 1.165) is 30.1 Å². The molecule has 0 aliphatic carbocycles. The highest BCUT2D eigenvalue weighted by Crippen LogP contribution is 2.21. The van der Waals surface area contributed by atoms with E-state index in [9.17, 15) is 4.79 Å². The molecule has 1 aromatic carbocycles. The summed E-state index contributed by atoms with van der Waals surface area (Å²) in [5.74, 6) is 0.124. The van der Waals surface area contributed by atoms with Gasteiger partial charge in [-0.1, -0.05) is 30.7 Å². The monoisotopic (exact) mass is 349 g/mol. The molecule has 0 bridgehead atoms. The SMILES string of the molecule is CCC(NC(=O)CN1CCC(N2CCCC2)C1)c1ccc(Cl)cc1. The van der Waals surface area contributed by atoms with Crippen molar-refractivity contribution < 1.29 is 4.79 Å². The minimum Gasteiger partial charge on any atom is -0.348 e. The van der Waals surface area contributed by atoms with Gasteiger partial charge in [0.05, 0.1) is 12.6 Å². The van der Waals surface area contributed by atoms with Gasteiger partial charge < -0.3 is 5.32 Å². The highest BCUT2D eigenvalue weighted by atomic mass is 35.5. The lowest BCUT2D eigenvalue weighted by molar-refractivity contribution is -0.122. The van der Waals surface area contributed by atoms with E-state index in [1.54, 1.807) is 0 Å². The van der Waals surface area contributed by atoms with Gasteiger partial charge in [0.25, 0.3) is 0 Å². The number of carbonyl (C=O) groups is 1. The third kappa shape index (κ3) is 4.50. The molecular weight excluding hydrogens is 322 g/mol. The second-order valence-corrected chi connectivity index (χ2v) is 7.44. The Balaban J connectivity index is 1.48. The fraction of sp³-hybridized carbons (Fsp3) is 0.632. The van der Waals surface area contributed by atoms with Crippen molar-refractivity contribution in [2.75, 3.05) is 32.7 Å². The molecule has 2 fully saturated rings. The van der Waals surface area contributed by atoms with Crippen LogP contribution in [0.4, 0.5) is 0 Å². The molecule has 2 aliphatic heterocycles. The molecule has 132 valence electrons. The average molecular weight is 350 g/mol. The number of halogens is 1. The van der Waals surface area contributed by atoms with Gasteiger partial charge in [0, 0.05) is 24.2 Å². The summed E-state index contributed by atoms with van der Waals surface area (Å²) >= 11 is 5.95. The van der Waals surface area contributed by atoms with E-state index in [-0.39, 0.29) is 11.9 Å². The van der Waals surface area contributed by atoms with Crippen molar-refractivity contribution in [1.29, 1.82) is 0 Å². The first-order valence-electron chi connectivity index (χ1n) is 9.17. The van der Waals surface area contributed by atoms with Crippen LogP contribution in [0.15, 0.2) is 24.3 Å². The lowest BCUT2D eigenvalue weighted by atomic mass is 10.0. The second kappa shape index (κ2) is 8.32. The first kappa shape index (κ1) is 17.7. The molecule has 2 saturated heterocycles. The number of hydrogen-bond acceptors (Lipinski definition) is 3. The van der Waals surface area contributed by atoms with Crippen molar-refractivity contribution in [3.05, 3.63) is 34.9 Å². The molecule has 0 radical (unpaired) electrons. The maximum Gasteiger partial charge on any atom is 0.234 e. The number of benzene rings is 1. The third-order valence-corrected chi connectivity index (χ3v) is 5.54. The number of nitrogens with zero attached hydrogens (tertiary/aromatic N) is 2. The fourth-order valence-corrected chi connectivity index (χ4v) is 4.05. The summed E-state index contributed by atoms with van der Waals surface area (Å²) < 4.78 is 0. The summed E-state index contributed by atoms with van der Waals surface area (Å²) in [5, 5.41) is 3.90. The summed E-state index contributed by atoms with van der Waals surface area (Å²) in [6, 6.07) is 8.47. The molecule has 2 unspecified atom stereocenters. The van der Waals surface area contributed by atoms with Crippen LogP contribution in [0.3, 0.4) is 0 Å². The predicted molar refractivity (Wildman–Crippen MR) is 98.3 cm³/mol. The molecule has 2 heterocycles. The number of nitrogens with one attached hydrogen (secondary N) is 1. The Morgan fingerprint density at radius 1 is 1.25 bits per heavy atom. The first-order valence-corrected chi connectivity index (χ1v) is 9.54. The summed E-state index contributed by atoms with van der Waals surface area (Å²) in [6.07, 6.45) is 4.73. The van der Waals surface area contributed by atoms with Crippen LogP contribution in [0.1, 0.15) is 44.2 Å². The molecular formula is C19H28ClN3O. The van der Waals surface area contributed by atoms with Crippen LogP contribution in [-0.2, 0) is 4.79 Å². The molecule has 3 rings (SSSR count). The van der Waals surface area contributed by atoms with E-state index in [2.05, 4.69) is 22.0 Å². The summed E-state index contributed by atoms with van der Waals surface area (Å²) in [5.41, 5.74) is 1.12. The van der Waals surface area contributed by atoms with Crippen molar-refractivity contribution >= 4 is 17.5 Å². The van der Waals surface area contributed by atoms with Crippen LogP contribution < -0.4 is 5.32 Å². The molecule has 0 saturated carbocycles. The largest absolute Gasteiger partial charge is 0.348 e. The zero-order chi connectivity index (χ0) is 16.9. The minimum absolute atomic E-state index is 0.0618. The molecule has 1 N–H and O–H groups in total. The van der Waals surface area contributed by atoms with Crippen LogP contribution >= 0.6 is 11.6 Å². The number of hydrogen-bond donors (Lipinski definition) is 1.